The van der Waals surface area contributed by atoms with Gasteiger partial charge in [0.25, 0.3) is 0 Å². The van der Waals surface area contributed by atoms with Crippen LogP contribution >= 0.6 is 0 Å². The van der Waals surface area contributed by atoms with Crippen molar-refractivity contribution < 1.29 is 33.4 Å². The van der Waals surface area contributed by atoms with Gasteiger partial charge in [0.05, 0.1) is 18.2 Å². The molecule has 10 nitrogen and oxygen atoms in total. The van der Waals surface area contributed by atoms with E-state index in [2.05, 4.69) is 16.0 Å². The van der Waals surface area contributed by atoms with Crippen molar-refractivity contribution in [2.24, 2.45) is 5.92 Å². The van der Waals surface area contributed by atoms with E-state index in [0.29, 0.717) is 35.8 Å². The van der Waals surface area contributed by atoms with Crippen molar-refractivity contribution in [3.63, 3.8) is 0 Å². The van der Waals surface area contributed by atoms with Gasteiger partial charge in [-0.25, -0.2) is 19.2 Å². The number of allylic oxidation sites excluding steroid dienone is 1. The molecule has 208 valence electrons. The van der Waals surface area contributed by atoms with E-state index in [1.165, 1.54) is 13.3 Å². The monoisotopic (exact) mass is 529 g/mol. The highest BCUT2D eigenvalue weighted by molar-refractivity contribution is 5.95. The molecule has 0 saturated heterocycles. The lowest BCUT2D eigenvalue weighted by atomic mass is 9.90. The quantitative estimate of drug-likeness (QED) is 0.330. The number of benzene rings is 1. The largest absolute Gasteiger partial charge is 0.462 e. The second kappa shape index (κ2) is 12.8. The van der Waals surface area contributed by atoms with Gasteiger partial charge >= 0.3 is 24.1 Å². The van der Waals surface area contributed by atoms with E-state index in [1.54, 1.807) is 45.0 Å². The Kier molecular flexibility index (Phi) is 9.77. The van der Waals surface area contributed by atoms with Gasteiger partial charge in [-0.2, -0.15) is 0 Å². The fourth-order valence-corrected chi connectivity index (χ4v) is 4.49. The number of hydrogen-bond acceptors (Lipinski definition) is 7. The topological polar surface area (TPSA) is 132 Å². The lowest BCUT2D eigenvalue weighted by Crippen LogP contribution is -2.46. The Morgan fingerprint density at radius 2 is 1.74 bits per heavy atom. The van der Waals surface area contributed by atoms with Gasteiger partial charge in [0.2, 0.25) is 0 Å². The van der Waals surface area contributed by atoms with Crippen LogP contribution in [0.5, 0.6) is 5.75 Å². The van der Waals surface area contributed by atoms with E-state index in [0.717, 1.165) is 25.7 Å². The minimum Gasteiger partial charge on any atom is -0.462 e. The summed E-state index contributed by atoms with van der Waals surface area (Å²) < 4.78 is 16.2. The SMILES string of the molecule is CCC1=C(C(=O)OCC2CCCCC2)[C@H](c2ccc(OC(=O)[C@H](C)NC(=O)OC(C)(C)C)cc2)NC(=O)N1. The average molecular weight is 530 g/mol. The Balaban J connectivity index is 1.68. The van der Waals surface area contributed by atoms with Gasteiger partial charge in [-0.1, -0.05) is 38.3 Å². The lowest BCUT2D eigenvalue weighted by Gasteiger charge is -2.30. The van der Waals surface area contributed by atoms with Gasteiger partial charge in [0.1, 0.15) is 17.4 Å². The molecule has 1 heterocycles. The fraction of sp³-hybridized carbons (Fsp3) is 0.571. The first-order valence-corrected chi connectivity index (χ1v) is 13.3. The van der Waals surface area contributed by atoms with Gasteiger partial charge < -0.3 is 30.2 Å². The summed E-state index contributed by atoms with van der Waals surface area (Å²) in [6, 6.07) is 4.42. The molecule has 3 rings (SSSR count). The normalized spacial score (nSPS) is 19.1. The van der Waals surface area contributed by atoms with Crippen molar-refractivity contribution >= 4 is 24.1 Å². The second-order valence-corrected chi connectivity index (χ2v) is 10.7. The number of nitrogens with one attached hydrogen (secondary N) is 3. The Morgan fingerprint density at radius 3 is 2.34 bits per heavy atom. The third-order valence-electron chi connectivity index (χ3n) is 6.42. The van der Waals surface area contributed by atoms with Crippen LogP contribution in [0.25, 0.3) is 0 Å². The average Bonchev–Trinajstić information content (AvgIpc) is 2.86. The summed E-state index contributed by atoms with van der Waals surface area (Å²) in [5, 5.41) is 7.98. The molecule has 10 heteroatoms. The van der Waals surface area contributed by atoms with Crippen molar-refractivity contribution in [3.8, 4) is 5.75 Å². The first-order valence-electron chi connectivity index (χ1n) is 13.3. The highest BCUT2D eigenvalue weighted by atomic mass is 16.6. The van der Waals surface area contributed by atoms with Crippen LogP contribution in [0.15, 0.2) is 35.5 Å². The van der Waals surface area contributed by atoms with Gasteiger partial charge in [-0.05, 0) is 70.6 Å². The van der Waals surface area contributed by atoms with Crippen LogP contribution in [-0.4, -0.2) is 42.3 Å². The number of ether oxygens (including phenoxy) is 3. The molecular weight excluding hydrogens is 490 g/mol. The summed E-state index contributed by atoms with van der Waals surface area (Å²) in [6.07, 6.45) is 5.36. The first-order chi connectivity index (χ1) is 18.0. The molecule has 1 aromatic carbocycles. The fourth-order valence-electron chi connectivity index (χ4n) is 4.49. The van der Waals surface area contributed by atoms with Crippen molar-refractivity contribution in [2.45, 2.75) is 90.8 Å². The smallest absolute Gasteiger partial charge is 0.408 e. The van der Waals surface area contributed by atoms with Crippen molar-refractivity contribution in [1.29, 1.82) is 0 Å². The molecule has 38 heavy (non-hydrogen) atoms. The molecule has 3 amide bonds. The molecule has 1 aliphatic carbocycles. The van der Waals surface area contributed by atoms with Crippen LogP contribution < -0.4 is 20.7 Å². The zero-order valence-corrected chi connectivity index (χ0v) is 22.8. The minimum absolute atomic E-state index is 0.248. The van der Waals surface area contributed by atoms with Crippen molar-refractivity contribution in [3.05, 3.63) is 41.1 Å². The van der Waals surface area contributed by atoms with E-state index < -0.39 is 41.7 Å². The van der Waals surface area contributed by atoms with Crippen LogP contribution in [-0.2, 0) is 19.1 Å². The summed E-state index contributed by atoms with van der Waals surface area (Å²) >= 11 is 0. The third-order valence-corrected chi connectivity index (χ3v) is 6.42. The second-order valence-electron chi connectivity index (χ2n) is 10.7. The Bertz CT molecular complexity index is 1050. The minimum atomic E-state index is -0.936. The summed E-state index contributed by atoms with van der Waals surface area (Å²) in [7, 11) is 0. The molecular formula is C28H39N3O7. The van der Waals surface area contributed by atoms with E-state index in [4.69, 9.17) is 14.2 Å². The number of amides is 3. The highest BCUT2D eigenvalue weighted by Gasteiger charge is 2.33. The third kappa shape index (κ3) is 8.22. The number of urea groups is 1. The molecule has 1 aromatic rings. The first kappa shape index (κ1) is 29.0. The number of carbonyl (C=O) groups excluding carboxylic acids is 4. The zero-order chi connectivity index (χ0) is 27.9. The van der Waals surface area contributed by atoms with Gasteiger partial charge in [0.15, 0.2) is 0 Å². The van der Waals surface area contributed by atoms with E-state index >= 15 is 0 Å². The van der Waals surface area contributed by atoms with Crippen molar-refractivity contribution in [2.75, 3.05) is 6.61 Å². The van der Waals surface area contributed by atoms with Gasteiger partial charge in [-0.15, -0.1) is 0 Å². The highest BCUT2D eigenvalue weighted by Crippen LogP contribution is 2.31. The Morgan fingerprint density at radius 1 is 1.08 bits per heavy atom. The molecule has 2 aliphatic rings. The molecule has 0 bridgehead atoms. The summed E-state index contributed by atoms with van der Waals surface area (Å²) in [5.74, 6) is -0.511. The maximum Gasteiger partial charge on any atom is 0.408 e. The molecule has 2 atom stereocenters. The molecule has 0 radical (unpaired) electrons. The molecule has 0 aromatic heterocycles. The van der Waals surface area contributed by atoms with Crippen LogP contribution in [0, 0.1) is 5.92 Å². The molecule has 1 saturated carbocycles. The van der Waals surface area contributed by atoms with Gasteiger partial charge in [-0.3, -0.25) is 0 Å². The number of alkyl carbamates (subject to hydrolysis) is 1. The Labute approximate surface area is 223 Å². The zero-order valence-electron chi connectivity index (χ0n) is 22.8. The molecule has 3 N–H and O–H groups in total. The molecule has 1 aliphatic heterocycles. The molecule has 0 spiro atoms. The van der Waals surface area contributed by atoms with E-state index in [9.17, 15) is 19.2 Å². The van der Waals surface area contributed by atoms with Crippen molar-refractivity contribution in [1.82, 2.24) is 16.0 Å². The predicted molar refractivity (Wildman–Crippen MR) is 140 cm³/mol. The number of hydrogen-bond donors (Lipinski definition) is 3. The molecule has 0 unspecified atom stereocenters. The number of carbonyl (C=O) groups is 4. The van der Waals surface area contributed by atoms with Crippen LogP contribution in [0.2, 0.25) is 0 Å². The van der Waals surface area contributed by atoms with E-state index in [1.807, 2.05) is 6.92 Å². The summed E-state index contributed by atoms with van der Waals surface area (Å²) in [6.45, 7) is 8.90. The van der Waals surface area contributed by atoms with Crippen LogP contribution in [0.3, 0.4) is 0 Å². The van der Waals surface area contributed by atoms with E-state index in [-0.39, 0.29) is 5.75 Å². The van der Waals surface area contributed by atoms with Crippen LogP contribution in [0.1, 0.15) is 84.7 Å². The lowest BCUT2D eigenvalue weighted by molar-refractivity contribution is -0.141. The van der Waals surface area contributed by atoms with Crippen LogP contribution in [0.4, 0.5) is 9.59 Å². The number of esters is 2. The summed E-state index contributed by atoms with van der Waals surface area (Å²) in [5.41, 5.74) is 0.823. The predicted octanol–water partition coefficient (Wildman–Crippen LogP) is 4.65. The standard InChI is InChI=1S/C28H39N3O7/c1-6-21-22(25(33)36-16-18-10-8-7-9-11-18)23(31-26(34)30-21)19-12-14-20(15-13-19)37-24(32)17(2)29-27(35)38-28(3,4)5/h12-15,17-18,23H,6-11,16H2,1-5H3,(H,29,35)(H2,30,31,34)/t17-,23-/m0/s1. The Hall–Kier alpha value is -3.56. The van der Waals surface area contributed by atoms with Gasteiger partial charge in [0, 0.05) is 5.70 Å². The molecule has 1 fully saturated rings. The summed E-state index contributed by atoms with van der Waals surface area (Å²) in [4.78, 5) is 49.9. The maximum atomic E-state index is 13.2. The maximum absolute atomic E-state index is 13.2. The number of rotatable bonds is 8.